The molecule has 1 amide bonds. The number of thiazole rings is 1. The Bertz CT molecular complexity index is 566. The third kappa shape index (κ3) is 4.74. The van der Waals surface area contributed by atoms with Crippen LogP contribution in [-0.2, 0) is 17.6 Å². The topological polar surface area (TPSA) is 42.0 Å². The minimum Gasteiger partial charge on any atom is -0.356 e. The zero-order valence-electron chi connectivity index (χ0n) is 11.4. The Morgan fingerprint density at radius 1 is 1.30 bits per heavy atom. The number of rotatable bonds is 6. The fourth-order valence-electron chi connectivity index (χ4n) is 1.85. The molecule has 0 saturated heterocycles. The van der Waals surface area contributed by atoms with E-state index in [1.807, 2.05) is 12.3 Å². The minimum atomic E-state index is -0.239. The molecule has 2 aromatic rings. The minimum absolute atomic E-state index is 0.0257. The lowest BCUT2D eigenvalue weighted by molar-refractivity contribution is -0.121. The van der Waals surface area contributed by atoms with Crippen molar-refractivity contribution in [1.29, 1.82) is 0 Å². The average molecular weight is 292 g/mol. The van der Waals surface area contributed by atoms with E-state index in [-0.39, 0.29) is 11.7 Å². The molecule has 0 aliphatic carbocycles. The summed E-state index contributed by atoms with van der Waals surface area (Å²) in [6.07, 6.45) is 1.83. The zero-order valence-corrected chi connectivity index (χ0v) is 12.2. The zero-order chi connectivity index (χ0) is 14.4. The van der Waals surface area contributed by atoms with Gasteiger partial charge in [0.25, 0.3) is 0 Å². The third-order valence-corrected chi connectivity index (χ3v) is 3.75. The Morgan fingerprint density at radius 2 is 2.05 bits per heavy atom. The van der Waals surface area contributed by atoms with Gasteiger partial charge in [-0.3, -0.25) is 4.79 Å². The number of nitrogens with zero attached hydrogens (tertiary/aromatic N) is 1. The highest BCUT2D eigenvalue weighted by molar-refractivity contribution is 7.09. The average Bonchev–Trinajstić information content (AvgIpc) is 2.85. The number of carbonyl (C=O) groups excluding carboxylic acids is 1. The standard InChI is InChI=1S/C15H17FN2OS/c1-11-18-14(10-20-11)6-7-15(19)17-9-8-12-2-4-13(16)5-3-12/h2-5,10H,6-9H2,1H3,(H,17,19). The van der Waals surface area contributed by atoms with E-state index in [2.05, 4.69) is 10.3 Å². The predicted octanol–water partition coefficient (Wildman–Crippen LogP) is 2.88. The van der Waals surface area contributed by atoms with Crippen molar-refractivity contribution in [3.05, 3.63) is 51.7 Å². The van der Waals surface area contributed by atoms with Crippen LogP contribution in [0.4, 0.5) is 4.39 Å². The summed E-state index contributed by atoms with van der Waals surface area (Å²) in [7, 11) is 0. The van der Waals surface area contributed by atoms with Crippen LogP contribution in [0.5, 0.6) is 0 Å². The maximum absolute atomic E-state index is 12.7. The molecule has 3 nitrogen and oxygen atoms in total. The van der Waals surface area contributed by atoms with Crippen LogP contribution < -0.4 is 5.32 Å². The molecule has 1 N–H and O–H groups in total. The second kappa shape index (κ2) is 7.14. The first-order valence-corrected chi connectivity index (χ1v) is 7.43. The molecule has 0 unspecified atom stereocenters. The van der Waals surface area contributed by atoms with Gasteiger partial charge in [-0.25, -0.2) is 9.37 Å². The molecule has 0 radical (unpaired) electrons. The van der Waals surface area contributed by atoms with Crippen LogP contribution in [0.2, 0.25) is 0 Å². The highest BCUT2D eigenvalue weighted by atomic mass is 32.1. The molecule has 0 saturated carbocycles. The lowest BCUT2D eigenvalue weighted by atomic mass is 10.1. The predicted molar refractivity (Wildman–Crippen MR) is 78.3 cm³/mol. The smallest absolute Gasteiger partial charge is 0.220 e. The number of hydrogen-bond acceptors (Lipinski definition) is 3. The Balaban J connectivity index is 1.66. The number of hydrogen-bond donors (Lipinski definition) is 1. The number of carbonyl (C=O) groups is 1. The molecule has 0 bridgehead atoms. The van der Waals surface area contributed by atoms with Gasteiger partial charge in [-0.15, -0.1) is 11.3 Å². The fourth-order valence-corrected chi connectivity index (χ4v) is 2.50. The number of halogens is 1. The van der Waals surface area contributed by atoms with Gasteiger partial charge in [-0.05, 0) is 37.5 Å². The Labute approximate surface area is 121 Å². The van der Waals surface area contributed by atoms with E-state index >= 15 is 0 Å². The van der Waals surface area contributed by atoms with Crippen molar-refractivity contribution in [1.82, 2.24) is 10.3 Å². The normalized spacial score (nSPS) is 10.5. The molecule has 0 fully saturated rings. The van der Waals surface area contributed by atoms with Gasteiger partial charge in [0.1, 0.15) is 5.82 Å². The molecule has 5 heteroatoms. The molecule has 1 heterocycles. The van der Waals surface area contributed by atoms with Crippen molar-refractivity contribution in [2.45, 2.75) is 26.2 Å². The van der Waals surface area contributed by atoms with Crippen molar-refractivity contribution in [3.63, 3.8) is 0 Å². The van der Waals surface area contributed by atoms with Gasteiger partial charge in [0.15, 0.2) is 0 Å². The van der Waals surface area contributed by atoms with E-state index in [0.717, 1.165) is 16.3 Å². The van der Waals surface area contributed by atoms with E-state index in [0.29, 0.717) is 25.8 Å². The maximum atomic E-state index is 12.7. The van der Waals surface area contributed by atoms with Crippen LogP contribution in [0.3, 0.4) is 0 Å². The van der Waals surface area contributed by atoms with Gasteiger partial charge < -0.3 is 5.32 Å². The summed E-state index contributed by atoms with van der Waals surface area (Å²) < 4.78 is 12.7. The van der Waals surface area contributed by atoms with Crippen LogP contribution >= 0.6 is 11.3 Å². The molecule has 106 valence electrons. The highest BCUT2D eigenvalue weighted by Crippen LogP contribution is 2.09. The van der Waals surface area contributed by atoms with Crippen LogP contribution in [0.1, 0.15) is 22.7 Å². The van der Waals surface area contributed by atoms with Gasteiger partial charge in [0.2, 0.25) is 5.91 Å². The van der Waals surface area contributed by atoms with Crippen molar-refractivity contribution in [3.8, 4) is 0 Å². The van der Waals surface area contributed by atoms with Crippen molar-refractivity contribution in [2.75, 3.05) is 6.54 Å². The second-order valence-electron chi connectivity index (χ2n) is 4.58. The second-order valence-corrected chi connectivity index (χ2v) is 5.65. The van der Waals surface area contributed by atoms with Gasteiger partial charge in [-0.1, -0.05) is 12.1 Å². The lowest BCUT2D eigenvalue weighted by Crippen LogP contribution is -2.25. The van der Waals surface area contributed by atoms with E-state index in [9.17, 15) is 9.18 Å². The quantitative estimate of drug-likeness (QED) is 0.889. The summed E-state index contributed by atoms with van der Waals surface area (Å²) in [4.78, 5) is 16.0. The van der Waals surface area contributed by atoms with E-state index in [4.69, 9.17) is 0 Å². The summed E-state index contributed by atoms with van der Waals surface area (Å²) >= 11 is 1.60. The number of aromatic nitrogens is 1. The fraction of sp³-hybridized carbons (Fsp3) is 0.333. The van der Waals surface area contributed by atoms with Crippen molar-refractivity contribution < 1.29 is 9.18 Å². The SMILES string of the molecule is Cc1nc(CCC(=O)NCCc2ccc(F)cc2)cs1. The van der Waals surface area contributed by atoms with Crippen molar-refractivity contribution >= 4 is 17.2 Å². The summed E-state index contributed by atoms with van der Waals surface area (Å²) in [6, 6.07) is 6.34. The van der Waals surface area contributed by atoms with Crippen LogP contribution in [0, 0.1) is 12.7 Å². The first kappa shape index (κ1) is 14.7. The number of aryl methyl sites for hydroxylation is 2. The molecule has 0 spiro atoms. The van der Waals surface area contributed by atoms with Crippen molar-refractivity contribution in [2.24, 2.45) is 0 Å². The Kier molecular flexibility index (Phi) is 5.24. The van der Waals surface area contributed by atoms with Gasteiger partial charge in [-0.2, -0.15) is 0 Å². The van der Waals surface area contributed by atoms with E-state index in [1.54, 1.807) is 23.5 Å². The number of amides is 1. The molecule has 20 heavy (non-hydrogen) atoms. The first-order chi connectivity index (χ1) is 9.63. The number of nitrogens with one attached hydrogen (secondary N) is 1. The molecule has 0 aliphatic heterocycles. The molecule has 0 atom stereocenters. The molecule has 1 aromatic carbocycles. The third-order valence-electron chi connectivity index (χ3n) is 2.92. The largest absolute Gasteiger partial charge is 0.356 e. The first-order valence-electron chi connectivity index (χ1n) is 6.55. The Morgan fingerprint density at radius 3 is 2.70 bits per heavy atom. The highest BCUT2D eigenvalue weighted by Gasteiger charge is 2.04. The van der Waals surface area contributed by atoms with Crippen LogP contribution in [-0.4, -0.2) is 17.4 Å². The summed E-state index contributed by atoms with van der Waals surface area (Å²) in [5.41, 5.74) is 1.99. The van der Waals surface area contributed by atoms with E-state index in [1.165, 1.54) is 12.1 Å². The lowest BCUT2D eigenvalue weighted by Gasteiger charge is -2.04. The van der Waals surface area contributed by atoms with Gasteiger partial charge >= 0.3 is 0 Å². The number of benzene rings is 1. The summed E-state index contributed by atoms with van der Waals surface area (Å²) in [5.74, 6) is -0.214. The molecule has 0 aliphatic rings. The van der Waals surface area contributed by atoms with Gasteiger partial charge in [0, 0.05) is 18.3 Å². The summed E-state index contributed by atoms with van der Waals surface area (Å²) in [6.45, 7) is 2.53. The Hall–Kier alpha value is -1.75. The molecular weight excluding hydrogens is 275 g/mol. The van der Waals surface area contributed by atoms with Crippen LogP contribution in [0.15, 0.2) is 29.6 Å². The van der Waals surface area contributed by atoms with E-state index < -0.39 is 0 Å². The molecule has 2 rings (SSSR count). The molecule has 1 aromatic heterocycles. The summed E-state index contributed by atoms with van der Waals surface area (Å²) in [5, 5.41) is 5.88. The van der Waals surface area contributed by atoms with Gasteiger partial charge in [0.05, 0.1) is 10.7 Å². The van der Waals surface area contributed by atoms with Crippen LogP contribution in [0.25, 0.3) is 0 Å². The molecular formula is C15H17FN2OS. The monoisotopic (exact) mass is 292 g/mol. The maximum Gasteiger partial charge on any atom is 0.220 e.